The normalized spacial score (nSPS) is 34.2. The summed E-state index contributed by atoms with van der Waals surface area (Å²) in [7, 11) is 1.61. The second-order valence-electron chi connectivity index (χ2n) is 10.5. The Morgan fingerprint density at radius 3 is 2.62 bits per heavy atom. The third-order valence-electron chi connectivity index (χ3n) is 7.42. The summed E-state index contributed by atoms with van der Waals surface area (Å²) >= 11 is 0. The lowest BCUT2D eigenvalue weighted by Gasteiger charge is -2.50. The molecule has 0 spiro atoms. The first-order chi connectivity index (χ1) is 15.1. The maximum Gasteiger partial charge on any atom is 0.173 e. The molecular weight excluding hydrogens is 408 g/mol. The number of allylic oxidation sites excluding steroid dienone is 1. The molecule has 1 N–H and O–H groups in total. The zero-order chi connectivity index (χ0) is 22.8. The lowest BCUT2D eigenvalue weighted by Crippen LogP contribution is -2.56. The lowest BCUT2D eigenvalue weighted by molar-refractivity contribution is -0.217. The zero-order valence-corrected chi connectivity index (χ0v) is 19.4. The Balaban J connectivity index is 1.45. The second kappa shape index (κ2) is 7.35. The predicted octanol–water partition coefficient (Wildman–Crippen LogP) is 4.14. The van der Waals surface area contributed by atoms with Crippen LogP contribution < -0.4 is 9.47 Å². The molecular formula is C26H32O6. The predicted molar refractivity (Wildman–Crippen MR) is 120 cm³/mol. The molecule has 0 radical (unpaired) electrons. The molecule has 32 heavy (non-hydrogen) atoms. The molecule has 3 heterocycles. The van der Waals surface area contributed by atoms with Crippen molar-refractivity contribution in [2.45, 2.75) is 76.5 Å². The molecule has 0 aromatic heterocycles. The van der Waals surface area contributed by atoms with Gasteiger partial charge in [0.2, 0.25) is 0 Å². The Morgan fingerprint density at radius 2 is 1.88 bits per heavy atom. The van der Waals surface area contributed by atoms with Crippen LogP contribution in [0.5, 0.6) is 11.5 Å². The van der Waals surface area contributed by atoms with Crippen molar-refractivity contribution in [3.63, 3.8) is 0 Å². The monoisotopic (exact) mass is 440 g/mol. The van der Waals surface area contributed by atoms with Gasteiger partial charge < -0.3 is 24.1 Å². The van der Waals surface area contributed by atoms with Crippen molar-refractivity contribution in [1.29, 1.82) is 0 Å². The molecule has 1 aromatic rings. The average Bonchev–Trinajstić information content (AvgIpc) is 2.72. The molecule has 1 aliphatic carbocycles. The van der Waals surface area contributed by atoms with Gasteiger partial charge in [-0.3, -0.25) is 4.79 Å². The molecule has 5 atom stereocenters. The van der Waals surface area contributed by atoms with Crippen molar-refractivity contribution >= 4 is 17.4 Å². The van der Waals surface area contributed by atoms with Gasteiger partial charge in [0.15, 0.2) is 5.78 Å². The highest BCUT2D eigenvalue weighted by atomic mass is 16.5. The fraction of sp³-hybridized carbons (Fsp3) is 0.577. The molecule has 5 rings (SSSR count). The van der Waals surface area contributed by atoms with E-state index in [0.717, 1.165) is 11.3 Å². The second-order valence-corrected chi connectivity index (χ2v) is 10.5. The fourth-order valence-corrected chi connectivity index (χ4v) is 5.54. The number of fused-ring (bicyclic) bond motifs is 3. The summed E-state index contributed by atoms with van der Waals surface area (Å²) in [6, 6.07) is 3.77. The van der Waals surface area contributed by atoms with Crippen LogP contribution >= 0.6 is 0 Å². The minimum atomic E-state index is -0.575. The third-order valence-corrected chi connectivity index (χ3v) is 7.42. The van der Waals surface area contributed by atoms with E-state index in [2.05, 4.69) is 0 Å². The van der Waals surface area contributed by atoms with Gasteiger partial charge in [-0.2, -0.15) is 0 Å². The van der Waals surface area contributed by atoms with Gasteiger partial charge >= 0.3 is 0 Å². The van der Waals surface area contributed by atoms with Crippen molar-refractivity contribution < 1.29 is 28.8 Å². The van der Waals surface area contributed by atoms with E-state index in [0.29, 0.717) is 36.1 Å². The van der Waals surface area contributed by atoms with Crippen LogP contribution in [0.3, 0.4) is 0 Å². The first-order valence-corrected chi connectivity index (χ1v) is 11.4. The number of methoxy groups -OCH3 is 1. The number of carbonyl (C=O) groups is 1. The van der Waals surface area contributed by atoms with Crippen molar-refractivity contribution in [3.05, 3.63) is 35.6 Å². The first kappa shape index (κ1) is 21.5. The molecule has 1 aromatic carbocycles. The summed E-state index contributed by atoms with van der Waals surface area (Å²) in [5.74, 6) is 1.31. The van der Waals surface area contributed by atoms with E-state index in [1.807, 2.05) is 52.0 Å². The van der Waals surface area contributed by atoms with Crippen molar-refractivity contribution in [2.75, 3.05) is 7.11 Å². The highest BCUT2D eigenvalue weighted by Gasteiger charge is 2.51. The summed E-state index contributed by atoms with van der Waals surface area (Å²) < 4.78 is 24.1. The van der Waals surface area contributed by atoms with Gasteiger partial charge in [-0.1, -0.05) is 0 Å². The number of hydrogen-bond acceptors (Lipinski definition) is 6. The molecule has 4 aliphatic rings. The zero-order valence-electron chi connectivity index (χ0n) is 19.4. The van der Waals surface area contributed by atoms with Crippen molar-refractivity contribution in [2.24, 2.45) is 11.8 Å². The molecule has 6 nitrogen and oxygen atoms in total. The molecule has 172 valence electrons. The number of ether oxygens (including phenoxy) is 4. The molecule has 6 heteroatoms. The van der Waals surface area contributed by atoms with E-state index < -0.39 is 17.3 Å². The van der Waals surface area contributed by atoms with Crippen LogP contribution in [-0.2, 0) is 14.3 Å². The summed E-state index contributed by atoms with van der Waals surface area (Å²) in [6.45, 7) is 7.84. The lowest BCUT2D eigenvalue weighted by atomic mass is 9.69. The average molecular weight is 441 g/mol. The molecule has 5 unspecified atom stereocenters. The van der Waals surface area contributed by atoms with Crippen LogP contribution in [-0.4, -0.2) is 47.5 Å². The van der Waals surface area contributed by atoms with E-state index in [4.69, 9.17) is 18.9 Å². The topological polar surface area (TPSA) is 74.2 Å². The molecule has 2 fully saturated rings. The van der Waals surface area contributed by atoms with E-state index >= 15 is 0 Å². The number of Topliss-reactive ketones (excluding diaryl/α,β-unsaturated/α-hetero) is 1. The number of rotatable bonds is 2. The molecule has 1 saturated carbocycles. The quantitative estimate of drug-likeness (QED) is 0.745. The SMILES string of the molecule is COc1c(C2=COC3CC4OC(C)(C)C(O)CC4CC3C2=O)ccc2c1C=CC(C)(C)O2. The van der Waals surface area contributed by atoms with Gasteiger partial charge in [0.05, 0.1) is 48.2 Å². The van der Waals surface area contributed by atoms with Crippen LogP contribution in [0.2, 0.25) is 0 Å². The third kappa shape index (κ3) is 3.44. The van der Waals surface area contributed by atoms with Gasteiger partial charge in [-0.15, -0.1) is 0 Å². The van der Waals surface area contributed by atoms with E-state index in [1.165, 1.54) is 0 Å². The fourth-order valence-electron chi connectivity index (χ4n) is 5.54. The number of aliphatic hydroxyl groups is 1. The van der Waals surface area contributed by atoms with E-state index in [9.17, 15) is 9.90 Å². The van der Waals surface area contributed by atoms with Crippen LogP contribution in [0.15, 0.2) is 24.5 Å². The Morgan fingerprint density at radius 1 is 1.09 bits per heavy atom. The molecule has 1 saturated heterocycles. The summed E-state index contributed by atoms with van der Waals surface area (Å²) in [5, 5.41) is 10.5. The van der Waals surface area contributed by atoms with Crippen LogP contribution in [0.25, 0.3) is 11.6 Å². The number of carbonyl (C=O) groups excluding carboxylic acids is 1. The van der Waals surface area contributed by atoms with Crippen LogP contribution in [0.4, 0.5) is 0 Å². The standard InChI is InChI=1S/C26H32O6/c1-25(2)9-8-16-19(31-25)7-6-15(24(16)29-5)18-13-30-21-12-20-14(10-17(21)23(18)28)11-22(27)26(3,4)32-20/h6-9,13-14,17,20-22,27H,10-12H2,1-5H3. The summed E-state index contributed by atoms with van der Waals surface area (Å²) in [6.07, 6.45) is 6.80. The highest BCUT2D eigenvalue weighted by molar-refractivity contribution is 6.23. The van der Waals surface area contributed by atoms with Crippen LogP contribution in [0.1, 0.15) is 58.1 Å². The molecule has 0 amide bonds. The number of benzene rings is 1. The largest absolute Gasteiger partial charge is 0.496 e. The highest BCUT2D eigenvalue weighted by Crippen LogP contribution is 2.48. The maximum absolute atomic E-state index is 13.6. The Hall–Kier alpha value is -2.31. The number of ketones is 1. The molecule has 3 aliphatic heterocycles. The maximum atomic E-state index is 13.6. The van der Waals surface area contributed by atoms with E-state index in [1.54, 1.807) is 13.4 Å². The molecule has 0 bridgehead atoms. The van der Waals surface area contributed by atoms with Crippen molar-refractivity contribution in [1.82, 2.24) is 0 Å². The Bertz CT molecular complexity index is 1000. The van der Waals surface area contributed by atoms with Gasteiger partial charge in [0, 0.05) is 12.0 Å². The van der Waals surface area contributed by atoms with Crippen molar-refractivity contribution in [3.8, 4) is 11.5 Å². The summed E-state index contributed by atoms with van der Waals surface area (Å²) in [4.78, 5) is 13.6. The van der Waals surface area contributed by atoms with Gasteiger partial charge in [0.1, 0.15) is 23.2 Å². The minimum absolute atomic E-state index is 0.00122. The van der Waals surface area contributed by atoms with Gasteiger partial charge in [-0.25, -0.2) is 0 Å². The Labute approximate surface area is 189 Å². The number of aliphatic hydroxyl groups excluding tert-OH is 1. The van der Waals surface area contributed by atoms with Gasteiger partial charge in [-0.05, 0) is 70.7 Å². The summed E-state index contributed by atoms with van der Waals surface area (Å²) in [5.41, 5.74) is 1.10. The van der Waals surface area contributed by atoms with Gasteiger partial charge in [0.25, 0.3) is 0 Å². The smallest absolute Gasteiger partial charge is 0.173 e. The Kier molecular flexibility index (Phi) is 4.95. The number of hydrogen-bond donors (Lipinski definition) is 1. The van der Waals surface area contributed by atoms with Crippen LogP contribution in [0, 0.1) is 11.8 Å². The minimum Gasteiger partial charge on any atom is -0.496 e. The first-order valence-electron chi connectivity index (χ1n) is 11.4. The van der Waals surface area contributed by atoms with E-state index in [-0.39, 0.29) is 29.8 Å².